The Kier molecular flexibility index (Phi) is 6.16. The van der Waals surface area contributed by atoms with Crippen molar-refractivity contribution in [2.24, 2.45) is 0 Å². The van der Waals surface area contributed by atoms with Crippen LogP contribution >= 0.6 is 0 Å². The van der Waals surface area contributed by atoms with Gasteiger partial charge in [0.1, 0.15) is 17.3 Å². The summed E-state index contributed by atoms with van der Waals surface area (Å²) in [7, 11) is 0. The molecule has 0 spiro atoms. The zero-order chi connectivity index (χ0) is 19.9. The van der Waals surface area contributed by atoms with Gasteiger partial charge in [0.15, 0.2) is 0 Å². The molecule has 7 heteroatoms. The Morgan fingerprint density at radius 3 is 2.64 bits per heavy atom. The molecular weight excluding hydrogens is 359 g/mol. The van der Waals surface area contributed by atoms with E-state index in [9.17, 15) is 9.18 Å². The highest BCUT2D eigenvalue weighted by Crippen LogP contribution is 2.26. The Morgan fingerprint density at radius 2 is 1.86 bits per heavy atom. The summed E-state index contributed by atoms with van der Waals surface area (Å²) in [5, 5.41) is 5.77. The van der Waals surface area contributed by atoms with Gasteiger partial charge in [-0.1, -0.05) is 30.3 Å². The van der Waals surface area contributed by atoms with Crippen molar-refractivity contribution in [1.82, 2.24) is 15.3 Å². The highest BCUT2D eigenvalue weighted by Gasteiger charge is 2.13. The van der Waals surface area contributed by atoms with Crippen LogP contribution in [-0.2, 0) is 6.54 Å². The molecule has 0 unspecified atom stereocenters. The number of amides is 1. The number of ether oxygens (including phenoxy) is 1. The SMILES string of the molecule is CCOc1ccccc1Nc1nc(C)cc(C(=O)NCc2ccccc2F)n1. The summed E-state index contributed by atoms with van der Waals surface area (Å²) in [6, 6.07) is 15.3. The van der Waals surface area contributed by atoms with Crippen molar-refractivity contribution in [3.63, 3.8) is 0 Å². The number of aryl methyl sites for hydroxylation is 1. The summed E-state index contributed by atoms with van der Waals surface area (Å²) >= 11 is 0. The maximum absolute atomic E-state index is 13.7. The Bertz CT molecular complexity index is 978. The second kappa shape index (κ2) is 8.94. The van der Waals surface area contributed by atoms with Crippen molar-refractivity contribution in [1.29, 1.82) is 0 Å². The molecule has 0 fully saturated rings. The molecule has 28 heavy (non-hydrogen) atoms. The van der Waals surface area contributed by atoms with Crippen LogP contribution in [0.2, 0.25) is 0 Å². The summed E-state index contributed by atoms with van der Waals surface area (Å²) in [5.74, 6) is 0.176. The molecule has 3 rings (SSSR count). The van der Waals surface area contributed by atoms with E-state index >= 15 is 0 Å². The zero-order valence-electron chi connectivity index (χ0n) is 15.7. The highest BCUT2D eigenvalue weighted by atomic mass is 19.1. The lowest BCUT2D eigenvalue weighted by Crippen LogP contribution is -2.25. The van der Waals surface area contributed by atoms with Gasteiger partial charge in [0.05, 0.1) is 12.3 Å². The number of hydrogen-bond donors (Lipinski definition) is 2. The second-order valence-electron chi connectivity index (χ2n) is 6.05. The number of carbonyl (C=O) groups excluding carboxylic acids is 1. The van der Waals surface area contributed by atoms with Crippen molar-refractivity contribution in [3.05, 3.63) is 77.4 Å². The minimum atomic E-state index is -0.408. The van der Waals surface area contributed by atoms with Gasteiger partial charge in [0, 0.05) is 17.8 Å². The molecule has 0 atom stereocenters. The molecule has 0 saturated carbocycles. The summed E-state index contributed by atoms with van der Waals surface area (Å²) in [6.45, 7) is 4.27. The smallest absolute Gasteiger partial charge is 0.270 e. The maximum Gasteiger partial charge on any atom is 0.270 e. The molecule has 1 amide bonds. The molecule has 1 aromatic heterocycles. The Hall–Kier alpha value is -3.48. The van der Waals surface area contributed by atoms with Gasteiger partial charge < -0.3 is 15.4 Å². The predicted molar refractivity (Wildman–Crippen MR) is 105 cm³/mol. The Labute approximate surface area is 162 Å². The van der Waals surface area contributed by atoms with Gasteiger partial charge in [-0.15, -0.1) is 0 Å². The number of hydrogen-bond acceptors (Lipinski definition) is 5. The fraction of sp³-hybridized carbons (Fsp3) is 0.190. The van der Waals surface area contributed by atoms with E-state index in [1.807, 2.05) is 31.2 Å². The Balaban J connectivity index is 1.76. The lowest BCUT2D eigenvalue weighted by Gasteiger charge is -2.12. The van der Waals surface area contributed by atoms with Crippen LogP contribution in [0.25, 0.3) is 0 Å². The standard InChI is InChI=1S/C21H21FN4O2/c1-3-28-19-11-7-6-10-17(19)25-21-24-14(2)12-18(26-21)20(27)23-13-15-8-4-5-9-16(15)22/h4-12H,3,13H2,1-2H3,(H,23,27)(H,24,25,26). The van der Waals surface area contributed by atoms with Crippen LogP contribution in [0.15, 0.2) is 54.6 Å². The second-order valence-corrected chi connectivity index (χ2v) is 6.05. The fourth-order valence-corrected chi connectivity index (χ4v) is 2.62. The van der Waals surface area contributed by atoms with E-state index in [4.69, 9.17) is 4.74 Å². The van der Waals surface area contributed by atoms with Gasteiger partial charge in [-0.05, 0) is 38.1 Å². The molecule has 0 aliphatic carbocycles. The molecule has 0 saturated heterocycles. The minimum Gasteiger partial charge on any atom is -0.492 e. The monoisotopic (exact) mass is 380 g/mol. The van der Waals surface area contributed by atoms with Crippen molar-refractivity contribution in [3.8, 4) is 5.75 Å². The molecule has 6 nitrogen and oxygen atoms in total. The third kappa shape index (κ3) is 4.82. The quantitative estimate of drug-likeness (QED) is 0.648. The van der Waals surface area contributed by atoms with E-state index in [-0.39, 0.29) is 24.0 Å². The van der Waals surface area contributed by atoms with E-state index in [1.54, 1.807) is 31.2 Å². The molecule has 0 aliphatic rings. The lowest BCUT2D eigenvalue weighted by molar-refractivity contribution is 0.0945. The van der Waals surface area contributed by atoms with Crippen LogP contribution in [0.1, 0.15) is 28.7 Å². The summed E-state index contributed by atoms with van der Waals surface area (Å²) in [6.07, 6.45) is 0. The topological polar surface area (TPSA) is 76.1 Å². The first-order valence-electron chi connectivity index (χ1n) is 8.93. The molecule has 1 heterocycles. The number of aromatic nitrogens is 2. The number of carbonyl (C=O) groups is 1. The number of para-hydroxylation sites is 2. The number of rotatable bonds is 7. The Morgan fingerprint density at radius 1 is 1.11 bits per heavy atom. The molecule has 2 aromatic carbocycles. The van der Waals surface area contributed by atoms with Crippen LogP contribution in [0, 0.1) is 12.7 Å². The van der Waals surface area contributed by atoms with Gasteiger partial charge in [0.25, 0.3) is 5.91 Å². The molecule has 144 valence electrons. The lowest BCUT2D eigenvalue weighted by atomic mass is 10.2. The van der Waals surface area contributed by atoms with Crippen molar-refractivity contribution in [2.45, 2.75) is 20.4 Å². The normalized spacial score (nSPS) is 10.4. The fourth-order valence-electron chi connectivity index (χ4n) is 2.62. The molecule has 0 aliphatic heterocycles. The van der Waals surface area contributed by atoms with E-state index in [2.05, 4.69) is 20.6 Å². The van der Waals surface area contributed by atoms with Gasteiger partial charge in [-0.2, -0.15) is 0 Å². The van der Waals surface area contributed by atoms with Crippen molar-refractivity contribution < 1.29 is 13.9 Å². The summed E-state index contributed by atoms with van der Waals surface area (Å²) in [4.78, 5) is 21.1. The first-order valence-corrected chi connectivity index (χ1v) is 8.93. The van der Waals surface area contributed by atoms with Gasteiger partial charge in [-0.3, -0.25) is 4.79 Å². The van der Waals surface area contributed by atoms with Crippen LogP contribution in [0.5, 0.6) is 5.75 Å². The first kappa shape index (κ1) is 19.3. The van der Waals surface area contributed by atoms with E-state index < -0.39 is 5.91 Å². The molecule has 0 bridgehead atoms. The number of anilines is 2. The first-order chi connectivity index (χ1) is 13.6. The van der Waals surface area contributed by atoms with Crippen molar-refractivity contribution in [2.75, 3.05) is 11.9 Å². The number of nitrogens with one attached hydrogen (secondary N) is 2. The maximum atomic E-state index is 13.7. The molecule has 0 radical (unpaired) electrons. The van der Waals surface area contributed by atoms with Gasteiger partial charge in [-0.25, -0.2) is 14.4 Å². The van der Waals surface area contributed by atoms with Crippen LogP contribution in [-0.4, -0.2) is 22.5 Å². The molecular formula is C21H21FN4O2. The third-order valence-corrected chi connectivity index (χ3v) is 3.92. The van der Waals surface area contributed by atoms with E-state index in [0.717, 1.165) is 0 Å². The molecule has 2 N–H and O–H groups in total. The van der Waals surface area contributed by atoms with Crippen molar-refractivity contribution >= 4 is 17.5 Å². The minimum absolute atomic E-state index is 0.0739. The van der Waals surface area contributed by atoms with Crippen LogP contribution in [0.4, 0.5) is 16.0 Å². The highest BCUT2D eigenvalue weighted by molar-refractivity contribution is 5.92. The van der Waals surface area contributed by atoms with Crippen LogP contribution in [0.3, 0.4) is 0 Å². The van der Waals surface area contributed by atoms with Crippen LogP contribution < -0.4 is 15.4 Å². The average Bonchev–Trinajstić information content (AvgIpc) is 2.68. The number of nitrogens with zero attached hydrogens (tertiary/aromatic N) is 2. The zero-order valence-corrected chi connectivity index (χ0v) is 15.7. The van der Waals surface area contributed by atoms with E-state index in [1.165, 1.54) is 6.07 Å². The number of halogens is 1. The third-order valence-electron chi connectivity index (χ3n) is 3.92. The van der Waals surface area contributed by atoms with Gasteiger partial charge in [0.2, 0.25) is 5.95 Å². The average molecular weight is 380 g/mol. The molecule has 3 aromatic rings. The largest absolute Gasteiger partial charge is 0.492 e. The summed E-state index contributed by atoms with van der Waals surface area (Å²) in [5.41, 5.74) is 1.93. The van der Waals surface area contributed by atoms with E-state index in [0.29, 0.717) is 29.3 Å². The summed E-state index contributed by atoms with van der Waals surface area (Å²) < 4.78 is 19.3. The predicted octanol–water partition coefficient (Wildman–Crippen LogP) is 4.00. The number of benzene rings is 2. The van der Waals surface area contributed by atoms with Gasteiger partial charge >= 0.3 is 0 Å².